The molecule has 0 aromatic rings. The van der Waals surface area contributed by atoms with Gasteiger partial charge in [-0.05, 0) is 32.7 Å². The van der Waals surface area contributed by atoms with Gasteiger partial charge in [-0.3, -0.25) is 4.79 Å². The Kier molecular flexibility index (Phi) is 3.93. The zero-order chi connectivity index (χ0) is 10.6. The maximum Gasteiger partial charge on any atom is 0.239 e. The van der Waals surface area contributed by atoms with Gasteiger partial charge in [-0.25, -0.2) is 0 Å². The quantitative estimate of drug-likeness (QED) is 0.675. The summed E-state index contributed by atoms with van der Waals surface area (Å²) in [4.78, 5) is 11.7. The second-order valence-electron chi connectivity index (χ2n) is 4.64. The van der Waals surface area contributed by atoms with Crippen LogP contribution in [0.3, 0.4) is 0 Å². The van der Waals surface area contributed by atoms with Crippen molar-refractivity contribution >= 4 is 5.91 Å². The van der Waals surface area contributed by atoms with Crippen LogP contribution >= 0.6 is 0 Å². The van der Waals surface area contributed by atoms with Crippen LogP contribution in [0, 0.1) is 5.92 Å². The first-order valence-corrected chi connectivity index (χ1v) is 5.59. The molecule has 2 N–H and O–H groups in total. The Bertz CT molecular complexity index is 197. The third kappa shape index (κ3) is 3.66. The largest absolute Gasteiger partial charge is 0.355 e. The van der Waals surface area contributed by atoms with Gasteiger partial charge < -0.3 is 10.6 Å². The van der Waals surface area contributed by atoms with Crippen molar-refractivity contribution in [2.45, 2.75) is 45.6 Å². The van der Waals surface area contributed by atoms with Gasteiger partial charge in [0.2, 0.25) is 5.91 Å². The standard InChI is InChI=1S/C11H22N2O/c1-4-13-11(2,3)10(14)12-8-7-9-5-6-9/h9,13H,4-8H2,1-3H3,(H,12,14). The molecule has 0 aromatic carbocycles. The molecule has 3 nitrogen and oxygen atoms in total. The maximum atomic E-state index is 11.7. The van der Waals surface area contributed by atoms with Crippen LogP contribution < -0.4 is 10.6 Å². The van der Waals surface area contributed by atoms with Gasteiger partial charge >= 0.3 is 0 Å². The number of amides is 1. The lowest BCUT2D eigenvalue weighted by molar-refractivity contribution is -0.126. The van der Waals surface area contributed by atoms with E-state index in [1.54, 1.807) is 0 Å². The third-order valence-electron chi connectivity index (χ3n) is 2.72. The molecular formula is C11H22N2O. The summed E-state index contributed by atoms with van der Waals surface area (Å²) < 4.78 is 0. The van der Waals surface area contributed by atoms with Crippen LogP contribution in [0.4, 0.5) is 0 Å². The van der Waals surface area contributed by atoms with Crippen molar-refractivity contribution in [2.24, 2.45) is 5.92 Å². The van der Waals surface area contributed by atoms with Crippen LogP contribution in [0.25, 0.3) is 0 Å². The molecule has 0 aliphatic heterocycles. The number of hydrogen-bond acceptors (Lipinski definition) is 2. The van der Waals surface area contributed by atoms with Gasteiger partial charge in [-0.15, -0.1) is 0 Å². The summed E-state index contributed by atoms with van der Waals surface area (Å²) in [7, 11) is 0. The lowest BCUT2D eigenvalue weighted by Crippen LogP contribution is -2.52. The van der Waals surface area contributed by atoms with E-state index in [2.05, 4.69) is 10.6 Å². The number of carbonyl (C=O) groups excluding carboxylic acids is 1. The molecule has 0 spiro atoms. The number of carbonyl (C=O) groups is 1. The fourth-order valence-electron chi connectivity index (χ4n) is 1.54. The van der Waals surface area contributed by atoms with Crippen molar-refractivity contribution in [3.63, 3.8) is 0 Å². The molecule has 82 valence electrons. The zero-order valence-corrected chi connectivity index (χ0v) is 9.52. The summed E-state index contributed by atoms with van der Waals surface area (Å²) in [6, 6.07) is 0. The molecule has 1 aliphatic carbocycles. The van der Waals surface area contributed by atoms with Gasteiger partial charge in [0.25, 0.3) is 0 Å². The van der Waals surface area contributed by atoms with E-state index in [1.807, 2.05) is 20.8 Å². The van der Waals surface area contributed by atoms with Crippen LogP contribution in [0.5, 0.6) is 0 Å². The fraction of sp³-hybridized carbons (Fsp3) is 0.909. The minimum Gasteiger partial charge on any atom is -0.355 e. The normalized spacial score (nSPS) is 16.8. The summed E-state index contributed by atoms with van der Waals surface area (Å²) >= 11 is 0. The molecule has 0 bridgehead atoms. The van der Waals surface area contributed by atoms with Gasteiger partial charge in [0.05, 0.1) is 5.54 Å². The Morgan fingerprint density at radius 3 is 2.57 bits per heavy atom. The van der Waals surface area contributed by atoms with Crippen molar-refractivity contribution < 1.29 is 4.79 Å². The number of hydrogen-bond donors (Lipinski definition) is 2. The van der Waals surface area contributed by atoms with E-state index in [9.17, 15) is 4.79 Å². The molecule has 1 saturated carbocycles. The number of likely N-dealkylation sites (N-methyl/N-ethyl adjacent to an activating group) is 1. The summed E-state index contributed by atoms with van der Waals surface area (Å²) in [5, 5.41) is 6.14. The summed E-state index contributed by atoms with van der Waals surface area (Å²) in [5.41, 5.74) is -0.432. The molecule has 14 heavy (non-hydrogen) atoms. The molecule has 0 saturated heterocycles. The van der Waals surface area contributed by atoms with E-state index in [-0.39, 0.29) is 5.91 Å². The molecular weight excluding hydrogens is 176 g/mol. The Labute approximate surface area is 86.6 Å². The van der Waals surface area contributed by atoms with E-state index in [4.69, 9.17) is 0 Å². The molecule has 1 rings (SSSR count). The smallest absolute Gasteiger partial charge is 0.239 e. The molecule has 0 atom stereocenters. The first kappa shape index (κ1) is 11.5. The molecule has 0 unspecified atom stereocenters. The lowest BCUT2D eigenvalue weighted by Gasteiger charge is -2.24. The molecule has 1 amide bonds. The average Bonchev–Trinajstić information content (AvgIpc) is 2.87. The second kappa shape index (κ2) is 4.78. The first-order valence-electron chi connectivity index (χ1n) is 5.59. The molecule has 1 aliphatic rings. The highest BCUT2D eigenvalue weighted by Gasteiger charge is 2.26. The highest BCUT2D eigenvalue weighted by molar-refractivity contribution is 5.85. The predicted molar refractivity (Wildman–Crippen MR) is 58.1 cm³/mol. The predicted octanol–water partition coefficient (Wildman–Crippen LogP) is 1.29. The molecule has 0 heterocycles. The van der Waals surface area contributed by atoms with Crippen LogP contribution in [-0.4, -0.2) is 24.5 Å². The van der Waals surface area contributed by atoms with Crippen LogP contribution in [0.2, 0.25) is 0 Å². The van der Waals surface area contributed by atoms with Gasteiger partial charge in [-0.1, -0.05) is 19.8 Å². The summed E-state index contributed by atoms with van der Waals surface area (Å²) in [6.45, 7) is 7.51. The zero-order valence-electron chi connectivity index (χ0n) is 9.52. The highest BCUT2D eigenvalue weighted by atomic mass is 16.2. The fourth-order valence-corrected chi connectivity index (χ4v) is 1.54. The van der Waals surface area contributed by atoms with Crippen molar-refractivity contribution in [1.29, 1.82) is 0 Å². The molecule has 3 heteroatoms. The molecule has 0 aromatic heterocycles. The monoisotopic (exact) mass is 198 g/mol. The Morgan fingerprint density at radius 2 is 2.07 bits per heavy atom. The Balaban J connectivity index is 2.17. The first-order chi connectivity index (χ1) is 6.56. The van der Waals surface area contributed by atoms with Gasteiger partial charge in [0, 0.05) is 6.54 Å². The van der Waals surface area contributed by atoms with Crippen molar-refractivity contribution in [2.75, 3.05) is 13.1 Å². The van der Waals surface area contributed by atoms with E-state index >= 15 is 0 Å². The van der Waals surface area contributed by atoms with Crippen molar-refractivity contribution in [1.82, 2.24) is 10.6 Å². The van der Waals surface area contributed by atoms with Crippen LogP contribution in [-0.2, 0) is 4.79 Å². The van der Waals surface area contributed by atoms with Crippen molar-refractivity contribution in [3.05, 3.63) is 0 Å². The summed E-state index contributed by atoms with van der Waals surface area (Å²) in [5.74, 6) is 0.998. The van der Waals surface area contributed by atoms with Gasteiger partial charge in [-0.2, -0.15) is 0 Å². The minimum absolute atomic E-state index is 0.111. The SMILES string of the molecule is CCNC(C)(C)C(=O)NCCC1CC1. The number of nitrogens with one attached hydrogen (secondary N) is 2. The second-order valence-corrected chi connectivity index (χ2v) is 4.64. The molecule has 1 fully saturated rings. The summed E-state index contributed by atoms with van der Waals surface area (Å²) in [6.07, 6.45) is 3.85. The maximum absolute atomic E-state index is 11.7. The average molecular weight is 198 g/mol. The highest BCUT2D eigenvalue weighted by Crippen LogP contribution is 2.31. The number of rotatable bonds is 6. The van der Waals surface area contributed by atoms with Gasteiger partial charge in [0.15, 0.2) is 0 Å². The van der Waals surface area contributed by atoms with E-state index in [0.717, 1.165) is 25.4 Å². The van der Waals surface area contributed by atoms with Gasteiger partial charge in [0.1, 0.15) is 0 Å². The van der Waals surface area contributed by atoms with Crippen molar-refractivity contribution in [3.8, 4) is 0 Å². The van der Waals surface area contributed by atoms with Crippen LogP contribution in [0.1, 0.15) is 40.0 Å². The third-order valence-corrected chi connectivity index (χ3v) is 2.72. The Morgan fingerprint density at radius 1 is 1.43 bits per heavy atom. The van der Waals surface area contributed by atoms with E-state index in [1.165, 1.54) is 12.8 Å². The molecule has 0 radical (unpaired) electrons. The minimum atomic E-state index is -0.432. The van der Waals surface area contributed by atoms with E-state index < -0.39 is 5.54 Å². The topological polar surface area (TPSA) is 41.1 Å². The van der Waals surface area contributed by atoms with Crippen LogP contribution in [0.15, 0.2) is 0 Å². The lowest BCUT2D eigenvalue weighted by atomic mass is 10.0. The van der Waals surface area contributed by atoms with E-state index in [0.29, 0.717) is 0 Å². The Hall–Kier alpha value is -0.570.